The van der Waals surface area contributed by atoms with Crippen LogP contribution in [0.15, 0.2) is 53.5 Å². The summed E-state index contributed by atoms with van der Waals surface area (Å²) in [7, 11) is 0. The van der Waals surface area contributed by atoms with Gasteiger partial charge in [-0.1, -0.05) is 44.2 Å². The van der Waals surface area contributed by atoms with E-state index in [0.717, 1.165) is 17.3 Å². The molecule has 4 heteroatoms. The molecule has 0 spiro atoms. The van der Waals surface area contributed by atoms with Crippen LogP contribution in [0.2, 0.25) is 0 Å². The normalized spacial score (nSPS) is 16.5. The second-order valence-corrected chi connectivity index (χ2v) is 5.68. The summed E-state index contributed by atoms with van der Waals surface area (Å²) in [5.41, 5.74) is 2.02. The molecule has 21 heavy (non-hydrogen) atoms. The van der Waals surface area contributed by atoms with Gasteiger partial charge < -0.3 is 0 Å². The van der Waals surface area contributed by atoms with E-state index in [0.29, 0.717) is 11.3 Å². The molecule has 0 fully saturated rings. The lowest BCUT2D eigenvalue weighted by molar-refractivity contribution is -0.137. The molecule has 2 aromatic carbocycles. The molecule has 1 heterocycles. The number of para-hydroxylation sites is 1. The Labute approximate surface area is 121 Å². The Morgan fingerprint density at radius 2 is 1.67 bits per heavy atom. The standard InChI is InChI=1S/C17H14F3N/c1-16(2)13-8-3-4-9-14(13)21-15(16)11-6-5-7-12(10-11)17(18,19)20/h3-10H,1-2H3. The molecule has 0 N–H and O–H groups in total. The van der Waals surface area contributed by atoms with Crippen molar-refractivity contribution >= 4 is 11.4 Å². The second kappa shape index (κ2) is 4.45. The number of fused-ring (bicyclic) bond motifs is 1. The number of aliphatic imine (C=N–C) groups is 1. The maximum Gasteiger partial charge on any atom is 0.416 e. The molecule has 0 aliphatic carbocycles. The summed E-state index contributed by atoms with van der Waals surface area (Å²) >= 11 is 0. The first kappa shape index (κ1) is 13.9. The lowest BCUT2D eigenvalue weighted by Gasteiger charge is -2.23. The van der Waals surface area contributed by atoms with E-state index in [-0.39, 0.29) is 0 Å². The third kappa shape index (κ3) is 2.24. The van der Waals surface area contributed by atoms with Crippen LogP contribution in [0.5, 0.6) is 0 Å². The van der Waals surface area contributed by atoms with Crippen LogP contribution in [0.3, 0.4) is 0 Å². The van der Waals surface area contributed by atoms with Crippen LogP contribution in [-0.4, -0.2) is 5.71 Å². The van der Waals surface area contributed by atoms with Crippen LogP contribution in [0.25, 0.3) is 0 Å². The van der Waals surface area contributed by atoms with Crippen molar-refractivity contribution in [1.29, 1.82) is 0 Å². The number of hydrogen-bond acceptors (Lipinski definition) is 1. The van der Waals surface area contributed by atoms with Crippen molar-refractivity contribution in [3.8, 4) is 0 Å². The van der Waals surface area contributed by atoms with Gasteiger partial charge in [-0.25, -0.2) is 0 Å². The third-order valence-electron chi connectivity index (χ3n) is 3.86. The molecule has 1 aliphatic rings. The molecule has 3 rings (SSSR count). The fraction of sp³-hybridized carbons (Fsp3) is 0.235. The SMILES string of the molecule is CC1(C)C(c2cccc(C(F)(F)F)c2)=Nc2ccccc21. The summed E-state index contributed by atoms with van der Waals surface area (Å²) in [6, 6.07) is 13.0. The molecule has 0 saturated heterocycles. The highest BCUT2D eigenvalue weighted by molar-refractivity contribution is 6.12. The van der Waals surface area contributed by atoms with E-state index in [9.17, 15) is 13.2 Å². The highest BCUT2D eigenvalue weighted by Gasteiger charge is 2.37. The van der Waals surface area contributed by atoms with E-state index in [1.165, 1.54) is 12.1 Å². The quantitative estimate of drug-likeness (QED) is 0.691. The van der Waals surface area contributed by atoms with Gasteiger partial charge in [0.25, 0.3) is 0 Å². The molecule has 0 atom stereocenters. The van der Waals surface area contributed by atoms with E-state index in [2.05, 4.69) is 4.99 Å². The van der Waals surface area contributed by atoms with Crippen molar-refractivity contribution in [2.75, 3.05) is 0 Å². The van der Waals surface area contributed by atoms with Crippen LogP contribution in [0.1, 0.15) is 30.5 Å². The van der Waals surface area contributed by atoms with E-state index in [4.69, 9.17) is 0 Å². The Morgan fingerprint density at radius 3 is 2.33 bits per heavy atom. The predicted octanol–water partition coefficient (Wildman–Crippen LogP) is 5.12. The topological polar surface area (TPSA) is 12.4 Å². The van der Waals surface area contributed by atoms with Gasteiger partial charge in [0.15, 0.2) is 0 Å². The lowest BCUT2D eigenvalue weighted by Crippen LogP contribution is -2.26. The summed E-state index contributed by atoms with van der Waals surface area (Å²) in [6.07, 6.45) is -4.34. The number of hydrogen-bond donors (Lipinski definition) is 0. The average molecular weight is 289 g/mol. The van der Waals surface area contributed by atoms with Gasteiger partial charge in [-0.15, -0.1) is 0 Å². The van der Waals surface area contributed by atoms with Crippen LogP contribution < -0.4 is 0 Å². The fourth-order valence-corrected chi connectivity index (χ4v) is 2.76. The highest BCUT2D eigenvalue weighted by atomic mass is 19.4. The van der Waals surface area contributed by atoms with Crippen molar-refractivity contribution in [2.24, 2.45) is 4.99 Å². The number of rotatable bonds is 1. The molecule has 108 valence electrons. The summed E-state index contributed by atoms with van der Waals surface area (Å²) in [4.78, 5) is 4.55. The smallest absolute Gasteiger partial charge is 0.252 e. The molecule has 0 amide bonds. The number of halogens is 3. The zero-order valence-corrected chi connectivity index (χ0v) is 11.7. The van der Waals surface area contributed by atoms with Crippen molar-refractivity contribution in [1.82, 2.24) is 0 Å². The third-order valence-corrected chi connectivity index (χ3v) is 3.86. The van der Waals surface area contributed by atoms with Gasteiger partial charge in [-0.2, -0.15) is 13.2 Å². The largest absolute Gasteiger partial charge is 0.416 e. The minimum absolute atomic E-state index is 0.402. The van der Waals surface area contributed by atoms with Crippen LogP contribution >= 0.6 is 0 Å². The maximum absolute atomic E-state index is 12.9. The van der Waals surface area contributed by atoms with E-state index < -0.39 is 17.2 Å². The number of nitrogens with zero attached hydrogens (tertiary/aromatic N) is 1. The molecule has 1 nitrogen and oxygen atoms in total. The first-order chi connectivity index (χ1) is 9.80. The molecule has 0 bridgehead atoms. The molecule has 1 aliphatic heterocycles. The molecule has 0 unspecified atom stereocenters. The maximum atomic E-state index is 12.9. The van der Waals surface area contributed by atoms with Crippen LogP contribution in [0, 0.1) is 0 Å². The zero-order chi connectivity index (χ0) is 15.3. The van der Waals surface area contributed by atoms with Gasteiger partial charge in [0.1, 0.15) is 0 Å². The monoisotopic (exact) mass is 289 g/mol. The summed E-state index contributed by atoms with van der Waals surface area (Å²) in [5.74, 6) is 0. The Kier molecular flexibility index (Phi) is 2.94. The molecule has 2 aromatic rings. The predicted molar refractivity (Wildman–Crippen MR) is 77.1 cm³/mol. The zero-order valence-electron chi connectivity index (χ0n) is 11.7. The summed E-state index contributed by atoms with van der Waals surface area (Å²) in [6.45, 7) is 3.97. The van der Waals surface area contributed by atoms with Crippen molar-refractivity contribution in [3.63, 3.8) is 0 Å². The minimum atomic E-state index is -4.34. The number of alkyl halides is 3. The van der Waals surface area contributed by atoms with Gasteiger partial charge in [0, 0.05) is 5.41 Å². The Hall–Kier alpha value is -2.10. The molecule has 0 radical (unpaired) electrons. The molecule has 0 aromatic heterocycles. The fourth-order valence-electron chi connectivity index (χ4n) is 2.76. The van der Waals surface area contributed by atoms with Crippen LogP contribution in [0.4, 0.5) is 18.9 Å². The van der Waals surface area contributed by atoms with Crippen molar-refractivity contribution in [3.05, 3.63) is 65.2 Å². The summed E-state index contributed by atoms with van der Waals surface area (Å²) < 4.78 is 38.6. The van der Waals surface area contributed by atoms with Crippen molar-refractivity contribution in [2.45, 2.75) is 25.4 Å². The highest BCUT2D eigenvalue weighted by Crippen LogP contribution is 2.42. The minimum Gasteiger partial charge on any atom is -0.252 e. The van der Waals surface area contributed by atoms with Gasteiger partial charge in [-0.05, 0) is 29.3 Å². The first-order valence-corrected chi connectivity index (χ1v) is 6.66. The number of benzene rings is 2. The Morgan fingerprint density at radius 1 is 0.952 bits per heavy atom. The van der Waals surface area contributed by atoms with E-state index in [1.807, 2.05) is 38.1 Å². The van der Waals surface area contributed by atoms with Gasteiger partial charge >= 0.3 is 6.18 Å². The van der Waals surface area contributed by atoms with E-state index >= 15 is 0 Å². The van der Waals surface area contributed by atoms with Crippen molar-refractivity contribution < 1.29 is 13.2 Å². The molecular weight excluding hydrogens is 275 g/mol. The first-order valence-electron chi connectivity index (χ1n) is 6.66. The van der Waals surface area contributed by atoms with Gasteiger partial charge in [-0.3, -0.25) is 4.99 Å². The Balaban J connectivity index is 2.11. The second-order valence-electron chi connectivity index (χ2n) is 5.68. The van der Waals surface area contributed by atoms with E-state index in [1.54, 1.807) is 6.07 Å². The lowest BCUT2D eigenvalue weighted by atomic mass is 9.79. The van der Waals surface area contributed by atoms with Crippen LogP contribution in [-0.2, 0) is 11.6 Å². The van der Waals surface area contributed by atoms with Gasteiger partial charge in [0.05, 0.1) is 17.0 Å². The summed E-state index contributed by atoms with van der Waals surface area (Å²) in [5, 5.41) is 0. The Bertz CT molecular complexity index is 727. The molecule has 0 saturated carbocycles. The average Bonchev–Trinajstić information content (AvgIpc) is 2.70. The van der Waals surface area contributed by atoms with Gasteiger partial charge in [0.2, 0.25) is 0 Å². The molecular formula is C17H14F3N.